The van der Waals surface area contributed by atoms with Crippen LogP contribution >= 0.6 is 34.5 Å². The van der Waals surface area contributed by atoms with E-state index in [0.717, 1.165) is 11.3 Å². The fourth-order valence-corrected chi connectivity index (χ4v) is 5.61. The summed E-state index contributed by atoms with van der Waals surface area (Å²) in [6, 6.07) is 4.55. The SMILES string of the molecule is CN=C1Nc2c(sc(Cl)c2-c2ccc(C(=O)OC)cc2Cl)S(=O)(=O)N1. The predicted molar refractivity (Wildman–Crippen MR) is 98.4 cm³/mol. The summed E-state index contributed by atoms with van der Waals surface area (Å²) < 4.78 is 31.9. The molecule has 2 heterocycles. The van der Waals surface area contributed by atoms with E-state index in [9.17, 15) is 13.2 Å². The van der Waals surface area contributed by atoms with Gasteiger partial charge in [0, 0.05) is 23.2 Å². The highest BCUT2D eigenvalue weighted by Crippen LogP contribution is 2.49. The topological polar surface area (TPSA) is 96.9 Å². The van der Waals surface area contributed by atoms with E-state index >= 15 is 0 Å². The molecule has 0 bridgehead atoms. The van der Waals surface area contributed by atoms with Crippen LogP contribution in [-0.4, -0.2) is 34.5 Å². The zero-order valence-electron chi connectivity index (χ0n) is 12.9. The van der Waals surface area contributed by atoms with Gasteiger partial charge in [0.05, 0.1) is 18.4 Å². The highest BCUT2D eigenvalue weighted by atomic mass is 35.5. The summed E-state index contributed by atoms with van der Waals surface area (Å²) in [5, 5.41) is 3.14. The second-order valence-corrected chi connectivity index (χ2v) is 8.81. The quantitative estimate of drug-likeness (QED) is 0.728. The molecule has 1 aliphatic rings. The van der Waals surface area contributed by atoms with Gasteiger partial charge in [-0.2, -0.15) is 0 Å². The third-order valence-electron chi connectivity index (χ3n) is 3.43. The molecular formula is C14H11Cl2N3O4S2. The van der Waals surface area contributed by atoms with Gasteiger partial charge < -0.3 is 10.1 Å². The van der Waals surface area contributed by atoms with Crippen LogP contribution in [0.1, 0.15) is 10.4 Å². The molecule has 25 heavy (non-hydrogen) atoms. The fourth-order valence-electron chi connectivity index (χ4n) is 2.31. The third-order valence-corrected chi connectivity index (χ3v) is 7.00. The lowest BCUT2D eigenvalue weighted by atomic mass is 10.1. The molecule has 132 valence electrons. The minimum absolute atomic E-state index is 0.0352. The number of aliphatic imine (C=N–C) groups is 1. The predicted octanol–water partition coefficient (Wildman–Crippen LogP) is 3.20. The second kappa shape index (κ2) is 6.49. The highest BCUT2D eigenvalue weighted by molar-refractivity contribution is 7.92. The smallest absolute Gasteiger partial charge is 0.337 e. The Morgan fingerprint density at radius 3 is 2.64 bits per heavy atom. The minimum atomic E-state index is -3.78. The monoisotopic (exact) mass is 419 g/mol. The summed E-state index contributed by atoms with van der Waals surface area (Å²) in [6.07, 6.45) is 0. The minimum Gasteiger partial charge on any atom is -0.465 e. The number of thiophene rings is 1. The van der Waals surface area contributed by atoms with Crippen molar-refractivity contribution in [3.8, 4) is 11.1 Å². The number of halogens is 2. The Morgan fingerprint density at radius 2 is 2.04 bits per heavy atom. The molecule has 7 nitrogen and oxygen atoms in total. The van der Waals surface area contributed by atoms with Gasteiger partial charge in [0.2, 0.25) is 5.96 Å². The summed E-state index contributed by atoms with van der Waals surface area (Å²) in [4.78, 5) is 15.4. The number of benzene rings is 1. The van der Waals surface area contributed by atoms with Crippen LogP contribution in [0.15, 0.2) is 27.4 Å². The number of sulfonamides is 1. The van der Waals surface area contributed by atoms with Crippen molar-refractivity contribution in [3.05, 3.63) is 33.1 Å². The largest absolute Gasteiger partial charge is 0.465 e. The number of hydrogen-bond donors (Lipinski definition) is 2. The van der Waals surface area contributed by atoms with Crippen LogP contribution in [-0.2, 0) is 14.8 Å². The average molecular weight is 420 g/mol. The standard InChI is InChI=1S/C14H11Cl2N3O4S2/c1-17-14-18-10-9(11(16)24-13(10)25(21,22)19-14)7-4-3-6(5-8(7)15)12(20)23-2/h3-5H,1-2H3,(H2,17,18,19). The first kappa shape index (κ1) is 18.0. The number of anilines is 1. The van der Waals surface area contributed by atoms with Gasteiger partial charge in [-0.15, -0.1) is 11.3 Å². The Labute approximate surface area is 157 Å². The summed E-state index contributed by atoms with van der Waals surface area (Å²) in [6.45, 7) is 0. The van der Waals surface area contributed by atoms with Crippen molar-refractivity contribution in [2.45, 2.75) is 4.21 Å². The van der Waals surface area contributed by atoms with Crippen LogP contribution in [0.5, 0.6) is 0 Å². The summed E-state index contributed by atoms with van der Waals surface area (Å²) in [5.41, 5.74) is 1.47. The van der Waals surface area contributed by atoms with Gasteiger partial charge in [0.1, 0.15) is 4.34 Å². The average Bonchev–Trinajstić information content (AvgIpc) is 2.90. The molecule has 11 heteroatoms. The van der Waals surface area contributed by atoms with E-state index in [1.165, 1.54) is 26.3 Å². The molecule has 0 aliphatic carbocycles. The van der Waals surface area contributed by atoms with Crippen molar-refractivity contribution >= 4 is 62.2 Å². The number of methoxy groups -OCH3 is 1. The van der Waals surface area contributed by atoms with Crippen LogP contribution in [0.4, 0.5) is 5.69 Å². The van der Waals surface area contributed by atoms with Crippen LogP contribution in [0.2, 0.25) is 9.36 Å². The molecule has 0 atom stereocenters. The van der Waals surface area contributed by atoms with Crippen molar-refractivity contribution in [1.82, 2.24) is 4.72 Å². The van der Waals surface area contributed by atoms with Gasteiger partial charge in [0.25, 0.3) is 10.0 Å². The molecule has 0 saturated carbocycles. The van der Waals surface area contributed by atoms with E-state index in [-0.39, 0.29) is 25.1 Å². The molecule has 0 spiro atoms. The van der Waals surface area contributed by atoms with Gasteiger partial charge in [-0.1, -0.05) is 29.3 Å². The van der Waals surface area contributed by atoms with Crippen LogP contribution in [0.3, 0.4) is 0 Å². The van der Waals surface area contributed by atoms with Gasteiger partial charge in [0.15, 0.2) is 4.21 Å². The Hall–Kier alpha value is -1.81. The van der Waals surface area contributed by atoms with Gasteiger partial charge in [-0.3, -0.25) is 4.99 Å². The van der Waals surface area contributed by atoms with E-state index in [4.69, 9.17) is 23.2 Å². The Bertz CT molecular complexity index is 1020. The van der Waals surface area contributed by atoms with Crippen molar-refractivity contribution in [2.24, 2.45) is 4.99 Å². The molecule has 1 aromatic heterocycles. The summed E-state index contributed by atoms with van der Waals surface area (Å²) in [7, 11) is -1.06. The fraction of sp³-hybridized carbons (Fsp3) is 0.143. The molecule has 1 aromatic carbocycles. The zero-order valence-corrected chi connectivity index (χ0v) is 16.0. The molecule has 0 saturated heterocycles. The first-order valence-electron chi connectivity index (χ1n) is 6.75. The number of nitrogens with zero attached hydrogens (tertiary/aromatic N) is 1. The van der Waals surface area contributed by atoms with Crippen molar-refractivity contribution < 1.29 is 17.9 Å². The van der Waals surface area contributed by atoms with Crippen molar-refractivity contribution in [1.29, 1.82) is 0 Å². The van der Waals surface area contributed by atoms with Crippen LogP contribution in [0.25, 0.3) is 11.1 Å². The number of hydrogen-bond acceptors (Lipinski definition) is 6. The Balaban J connectivity index is 2.21. The number of carbonyl (C=O) groups excluding carboxylic acids is 1. The number of ether oxygens (including phenoxy) is 1. The van der Waals surface area contributed by atoms with Gasteiger partial charge >= 0.3 is 5.97 Å². The molecule has 2 N–H and O–H groups in total. The highest BCUT2D eigenvalue weighted by Gasteiger charge is 2.33. The normalized spacial score (nSPS) is 16.7. The number of esters is 1. The molecule has 0 radical (unpaired) electrons. The lowest BCUT2D eigenvalue weighted by molar-refractivity contribution is 0.0600. The maximum Gasteiger partial charge on any atom is 0.337 e. The van der Waals surface area contributed by atoms with E-state index in [1.54, 1.807) is 6.07 Å². The molecule has 1 aliphatic heterocycles. The lowest BCUT2D eigenvalue weighted by Crippen LogP contribution is -2.39. The molecule has 0 unspecified atom stereocenters. The first-order chi connectivity index (χ1) is 11.8. The van der Waals surface area contributed by atoms with Crippen molar-refractivity contribution in [2.75, 3.05) is 19.5 Å². The zero-order chi connectivity index (χ0) is 18.4. The van der Waals surface area contributed by atoms with Gasteiger partial charge in [-0.05, 0) is 12.1 Å². The number of fused-ring (bicyclic) bond motifs is 1. The molecule has 2 aromatic rings. The maximum atomic E-state index is 12.3. The van der Waals surface area contributed by atoms with Crippen molar-refractivity contribution in [3.63, 3.8) is 0 Å². The lowest BCUT2D eigenvalue weighted by Gasteiger charge is -2.19. The van der Waals surface area contributed by atoms with E-state index in [0.29, 0.717) is 16.8 Å². The molecular weight excluding hydrogens is 409 g/mol. The Morgan fingerprint density at radius 1 is 1.32 bits per heavy atom. The number of rotatable bonds is 2. The Kier molecular flexibility index (Phi) is 4.67. The van der Waals surface area contributed by atoms with Crippen LogP contribution < -0.4 is 10.0 Å². The molecule has 0 fully saturated rings. The second-order valence-electron chi connectivity index (χ2n) is 4.90. The first-order valence-corrected chi connectivity index (χ1v) is 9.81. The van der Waals surface area contributed by atoms with Crippen LogP contribution in [0, 0.1) is 0 Å². The summed E-state index contributed by atoms with van der Waals surface area (Å²) >= 11 is 13.5. The van der Waals surface area contributed by atoms with E-state index < -0.39 is 16.0 Å². The maximum absolute atomic E-state index is 12.3. The molecule has 0 amide bonds. The van der Waals surface area contributed by atoms with Gasteiger partial charge in [-0.25, -0.2) is 17.9 Å². The van der Waals surface area contributed by atoms with E-state index in [1.807, 2.05) is 0 Å². The number of nitrogens with one attached hydrogen (secondary N) is 2. The van der Waals surface area contributed by atoms with E-state index in [2.05, 4.69) is 19.8 Å². The number of guanidine groups is 1. The third kappa shape index (κ3) is 3.08. The number of carbonyl (C=O) groups is 1. The summed E-state index contributed by atoms with van der Waals surface area (Å²) in [5.74, 6) is -0.456. The molecule has 3 rings (SSSR count).